The number of amides is 2. The summed E-state index contributed by atoms with van der Waals surface area (Å²) in [6, 6.07) is 0. The van der Waals surface area contributed by atoms with Crippen molar-refractivity contribution in [2.24, 2.45) is 0 Å². The zero-order valence-corrected chi connectivity index (χ0v) is 11.0. The summed E-state index contributed by atoms with van der Waals surface area (Å²) in [5, 5.41) is 5.90. The molecule has 0 unspecified atom stereocenters. The summed E-state index contributed by atoms with van der Waals surface area (Å²) < 4.78 is 5.28. The van der Waals surface area contributed by atoms with Crippen molar-refractivity contribution in [2.45, 2.75) is 25.0 Å². The molecular weight excluding hydrogens is 240 g/mol. The quantitative estimate of drug-likeness (QED) is 0.667. The molecule has 5 nitrogen and oxygen atoms in total. The van der Waals surface area contributed by atoms with Crippen LogP contribution in [0.3, 0.4) is 0 Å². The fourth-order valence-corrected chi connectivity index (χ4v) is 2.60. The number of carbonyl (C=O) groups is 2. The number of hydrogen-bond acceptors (Lipinski definition) is 4. The Labute approximate surface area is 106 Å². The van der Waals surface area contributed by atoms with Crippen LogP contribution in [-0.4, -0.2) is 49.1 Å². The number of carbonyl (C=O) groups excluding carboxylic acids is 2. The largest absolute Gasteiger partial charge is 0.381 e. The molecule has 0 spiro atoms. The zero-order valence-electron chi connectivity index (χ0n) is 10.2. The van der Waals surface area contributed by atoms with Crippen LogP contribution < -0.4 is 10.6 Å². The smallest absolute Gasteiger partial charge is 0.239 e. The average molecular weight is 260 g/mol. The van der Waals surface area contributed by atoms with E-state index >= 15 is 0 Å². The summed E-state index contributed by atoms with van der Waals surface area (Å²) in [5.41, 5.74) is 0. The molecule has 0 radical (unpaired) electrons. The minimum absolute atomic E-state index is 0.0667. The molecule has 0 atom stereocenters. The first kappa shape index (κ1) is 14.3. The van der Waals surface area contributed by atoms with E-state index in [0.717, 1.165) is 31.8 Å². The van der Waals surface area contributed by atoms with Crippen LogP contribution in [0.25, 0.3) is 0 Å². The second kappa shape index (κ2) is 8.36. The summed E-state index contributed by atoms with van der Waals surface area (Å²) >= 11 is 1.88. The molecular formula is C11H20N2O3S. The van der Waals surface area contributed by atoms with Gasteiger partial charge in [-0.15, -0.1) is 0 Å². The molecule has 0 aromatic carbocycles. The van der Waals surface area contributed by atoms with E-state index in [0.29, 0.717) is 11.8 Å². The maximum atomic E-state index is 11.2. The van der Waals surface area contributed by atoms with E-state index in [2.05, 4.69) is 10.6 Å². The first-order valence-electron chi connectivity index (χ1n) is 5.89. The predicted octanol–water partition coefficient (Wildman–Crippen LogP) is 0.151. The van der Waals surface area contributed by atoms with Gasteiger partial charge in [0.05, 0.1) is 6.54 Å². The van der Waals surface area contributed by atoms with Gasteiger partial charge in [0.25, 0.3) is 0 Å². The van der Waals surface area contributed by atoms with Crippen molar-refractivity contribution in [1.82, 2.24) is 10.6 Å². The number of hydrogen-bond donors (Lipinski definition) is 2. The van der Waals surface area contributed by atoms with Crippen LogP contribution in [0, 0.1) is 0 Å². The van der Waals surface area contributed by atoms with E-state index in [1.165, 1.54) is 6.92 Å². The van der Waals surface area contributed by atoms with Crippen LogP contribution in [0.15, 0.2) is 0 Å². The molecule has 1 rings (SSSR count). The van der Waals surface area contributed by atoms with Gasteiger partial charge in [0.15, 0.2) is 0 Å². The number of thioether (sulfide) groups is 1. The first-order valence-corrected chi connectivity index (χ1v) is 6.94. The number of nitrogens with one attached hydrogen (secondary N) is 2. The Bertz CT molecular complexity index is 255. The van der Waals surface area contributed by atoms with E-state index < -0.39 is 0 Å². The molecule has 1 heterocycles. The Morgan fingerprint density at radius 3 is 2.65 bits per heavy atom. The minimum atomic E-state index is -0.184. The van der Waals surface area contributed by atoms with Crippen LogP contribution in [0.2, 0.25) is 0 Å². The molecule has 0 bridgehead atoms. The highest BCUT2D eigenvalue weighted by Gasteiger charge is 2.13. The van der Waals surface area contributed by atoms with Gasteiger partial charge < -0.3 is 15.4 Å². The molecule has 1 saturated heterocycles. The molecule has 1 fully saturated rings. The molecule has 17 heavy (non-hydrogen) atoms. The standard InChI is InChI=1S/C11H20N2O3S/c1-9(14)13-8-11(15)12-4-7-17-10-2-5-16-6-3-10/h10H,2-8H2,1H3,(H,12,15)(H,13,14). The fraction of sp³-hybridized carbons (Fsp3) is 0.818. The first-order chi connectivity index (χ1) is 8.18. The fourth-order valence-electron chi connectivity index (χ4n) is 1.53. The summed E-state index contributed by atoms with van der Waals surface area (Å²) in [7, 11) is 0. The Kier molecular flexibility index (Phi) is 7.04. The van der Waals surface area contributed by atoms with E-state index in [1.54, 1.807) is 0 Å². The number of ether oxygens (including phenoxy) is 1. The lowest BCUT2D eigenvalue weighted by Gasteiger charge is -2.21. The molecule has 2 amide bonds. The third-order valence-corrected chi connectivity index (χ3v) is 3.83. The SMILES string of the molecule is CC(=O)NCC(=O)NCCSC1CCOCC1. The number of rotatable bonds is 6. The Morgan fingerprint density at radius 2 is 2.00 bits per heavy atom. The molecule has 0 aromatic rings. The van der Waals surface area contributed by atoms with Crippen molar-refractivity contribution in [2.75, 3.05) is 32.1 Å². The highest BCUT2D eigenvalue weighted by atomic mass is 32.2. The van der Waals surface area contributed by atoms with Gasteiger partial charge in [-0.1, -0.05) is 0 Å². The van der Waals surface area contributed by atoms with Gasteiger partial charge >= 0.3 is 0 Å². The lowest BCUT2D eigenvalue weighted by molar-refractivity contribution is -0.124. The Hall–Kier alpha value is -0.750. The molecule has 1 aliphatic heterocycles. The van der Waals surface area contributed by atoms with Gasteiger partial charge in [-0.05, 0) is 12.8 Å². The van der Waals surface area contributed by atoms with Gasteiger partial charge in [0, 0.05) is 37.7 Å². The molecule has 98 valence electrons. The summed E-state index contributed by atoms with van der Waals surface area (Å²) in [4.78, 5) is 21.8. The summed E-state index contributed by atoms with van der Waals surface area (Å²) in [6.07, 6.45) is 2.20. The van der Waals surface area contributed by atoms with E-state index in [4.69, 9.17) is 4.74 Å². The lowest BCUT2D eigenvalue weighted by atomic mass is 10.2. The van der Waals surface area contributed by atoms with Crippen LogP contribution in [0.4, 0.5) is 0 Å². The van der Waals surface area contributed by atoms with Crippen molar-refractivity contribution in [1.29, 1.82) is 0 Å². The maximum absolute atomic E-state index is 11.2. The monoisotopic (exact) mass is 260 g/mol. The Balaban J connectivity index is 1.95. The van der Waals surface area contributed by atoms with Crippen molar-refractivity contribution < 1.29 is 14.3 Å². The molecule has 2 N–H and O–H groups in total. The van der Waals surface area contributed by atoms with Crippen LogP contribution in [-0.2, 0) is 14.3 Å². The minimum Gasteiger partial charge on any atom is -0.381 e. The normalized spacial score (nSPS) is 16.5. The van der Waals surface area contributed by atoms with Crippen molar-refractivity contribution >= 4 is 23.6 Å². The van der Waals surface area contributed by atoms with Crippen molar-refractivity contribution in [3.8, 4) is 0 Å². The highest BCUT2D eigenvalue weighted by Crippen LogP contribution is 2.21. The van der Waals surface area contributed by atoms with Gasteiger partial charge in [-0.2, -0.15) is 11.8 Å². The predicted molar refractivity (Wildman–Crippen MR) is 68.0 cm³/mol. The average Bonchev–Trinajstić information content (AvgIpc) is 2.33. The van der Waals surface area contributed by atoms with Crippen LogP contribution in [0.5, 0.6) is 0 Å². The molecule has 1 aliphatic rings. The molecule has 6 heteroatoms. The van der Waals surface area contributed by atoms with E-state index in [9.17, 15) is 9.59 Å². The van der Waals surface area contributed by atoms with Gasteiger partial charge in [0.1, 0.15) is 0 Å². The molecule has 0 saturated carbocycles. The Morgan fingerprint density at radius 1 is 1.29 bits per heavy atom. The van der Waals surface area contributed by atoms with Crippen LogP contribution >= 0.6 is 11.8 Å². The van der Waals surface area contributed by atoms with Crippen molar-refractivity contribution in [3.05, 3.63) is 0 Å². The van der Waals surface area contributed by atoms with Gasteiger partial charge in [-0.3, -0.25) is 9.59 Å². The lowest BCUT2D eigenvalue weighted by Crippen LogP contribution is -2.37. The van der Waals surface area contributed by atoms with E-state index in [-0.39, 0.29) is 18.4 Å². The second-order valence-electron chi connectivity index (χ2n) is 3.94. The third-order valence-electron chi connectivity index (χ3n) is 2.44. The molecule has 0 aliphatic carbocycles. The molecule has 0 aromatic heterocycles. The zero-order chi connectivity index (χ0) is 12.5. The van der Waals surface area contributed by atoms with Gasteiger partial charge in [-0.25, -0.2) is 0 Å². The van der Waals surface area contributed by atoms with Crippen LogP contribution in [0.1, 0.15) is 19.8 Å². The third kappa shape index (κ3) is 7.23. The summed E-state index contributed by atoms with van der Waals surface area (Å²) in [5.74, 6) is 0.598. The van der Waals surface area contributed by atoms with Gasteiger partial charge in [0.2, 0.25) is 11.8 Å². The maximum Gasteiger partial charge on any atom is 0.239 e. The second-order valence-corrected chi connectivity index (χ2v) is 5.35. The summed E-state index contributed by atoms with van der Waals surface area (Å²) in [6.45, 7) is 3.82. The van der Waals surface area contributed by atoms with Crippen molar-refractivity contribution in [3.63, 3.8) is 0 Å². The highest BCUT2D eigenvalue weighted by molar-refractivity contribution is 7.99. The van der Waals surface area contributed by atoms with E-state index in [1.807, 2.05) is 11.8 Å². The topological polar surface area (TPSA) is 67.4 Å².